The lowest BCUT2D eigenvalue weighted by atomic mass is 10.2. The molecule has 8 nitrogen and oxygen atoms in total. The Morgan fingerprint density at radius 2 is 1.89 bits per heavy atom. The largest absolute Gasteiger partial charge is 0.335 e. The quantitative estimate of drug-likeness (QED) is 0.340. The molecule has 5 aromatic rings. The number of halogens is 2. The van der Waals surface area contributed by atoms with Crippen molar-refractivity contribution < 1.29 is 4.79 Å². The number of amides is 1. The first-order chi connectivity index (χ1) is 17.0. The van der Waals surface area contributed by atoms with E-state index in [-0.39, 0.29) is 5.91 Å². The molecule has 0 saturated carbocycles. The van der Waals surface area contributed by atoms with Crippen LogP contribution in [0.3, 0.4) is 0 Å². The third-order valence-electron chi connectivity index (χ3n) is 6.27. The average Bonchev–Trinajstić information content (AvgIpc) is 3.52. The number of imidazole rings is 1. The van der Waals surface area contributed by atoms with Gasteiger partial charge in [0, 0.05) is 37.7 Å². The van der Waals surface area contributed by atoms with Gasteiger partial charge in [-0.3, -0.25) is 14.1 Å². The number of thiazole rings is 1. The first kappa shape index (κ1) is 22.5. The van der Waals surface area contributed by atoms with Gasteiger partial charge in [-0.15, -0.1) is 5.10 Å². The van der Waals surface area contributed by atoms with Gasteiger partial charge >= 0.3 is 0 Å². The van der Waals surface area contributed by atoms with Crippen molar-refractivity contribution in [2.24, 2.45) is 0 Å². The number of aryl methyl sites for hydroxylation is 1. The van der Waals surface area contributed by atoms with Gasteiger partial charge in [0.15, 0.2) is 4.96 Å². The Morgan fingerprint density at radius 1 is 1.09 bits per heavy atom. The van der Waals surface area contributed by atoms with Crippen molar-refractivity contribution >= 4 is 55.6 Å². The summed E-state index contributed by atoms with van der Waals surface area (Å²) >= 11 is 13.9. The van der Waals surface area contributed by atoms with E-state index in [1.807, 2.05) is 46.7 Å². The Labute approximate surface area is 215 Å². The summed E-state index contributed by atoms with van der Waals surface area (Å²) in [6.07, 6.45) is 1.88. The lowest BCUT2D eigenvalue weighted by molar-refractivity contribution is 0.0620. The van der Waals surface area contributed by atoms with Gasteiger partial charge < -0.3 is 4.90 Å². The van der Waals surface area contributed by atoms with Crippen molar-refractivity contribution in [3.05, 3.63) is 75.8 Å². The Balaban J connectivity index is 1.15. The fourth-order valence-electron chi connectivity index (χ4n) is 4.52. The number of carbonyl (C=O) groups excluding carboxylic acids is 1. The fraction of sp³-hybridized carbons (Fsp3) is 0.250. The fourth-order valence-corrected chi connectivity index (χ4v) is 6.08. The SMILES string of the molecule is Cc1nc2sc3ccccc3n2c1C(=O)N1CCN(Cc2cn(-c3ccc(Cl)cc3Cl)nn2)CC1. The summed E-state index contributed by atoms with van der Waals surface area (Å²) in [5.41, 5.74) is 4.03. The zero-order chi connectivity index (χ0) is 24.1. The van der Waals surface area contributed by atoms with Crippen LogP contribution in [0.25, 0.3) is 20.9 Å². The molecule has 0 atom stereocenters. The average molecular weight is 526 g/mol. The molecule has 0 N–H and O–H groups in total. The number of hydrogen-bond acceptors (Lipinski definition) is 6. The minimum atomic E-state index is 0.0292. The zero-order valence-corrected chi connectivity index (χ0v) is 21.2. The van der Waals surface area contributed by atoms with E-state index in [9.17, 15) is 4.79 Å². The number of hydrogen-bond donors (Lipinski definition) is 0. The predicted octanol–water partition coefficient (Wildman–Crippen LogP) is 4.70. The molecule has 2 aromatic carbocycles. The Morgan fingerprint density at radius 3 is 2.69 bits per heavy atom. The molecule has 4 heterocycles. The van der Waals surface area contributed by atoms with Crippen LogP contribution in [-0.4, -0.2) is 66.3 Å². The van der Waals surface area contributed by atoms with Gasteiger partial charge in [-0.25, -0.2) is 9.67 Å². The maximum absolute atomic E-state index is 13.5. The summed E-state index contributed by atoms with van der Waals surface area (Å²) in [6.45, 7) is 5.36. The van der Waals surface area contributed by atoms with Crippen LogP contribution in [0.15, 0.2) is 48.7 Å². The number of fused-ring (bicyclic) bond motifs is 3. The number of nitrogens with zero attached hydrogens (tertiary/aromatic N) is 7. The normalized spacial score (nSPS) is 14.9. The lowest BCUT2D eigenvalue weighted by Gasteiger charge is -2.34. The number of carbonyl (C=O) groups is 1. The highest BCUT2D eigenvalue weighted by Gasteiger charge is 2.28. The molecule has 0 unspecified atom stereocenters. The highest BCUT2D eigenvalue weighted by atomic mass is 35.5. The standard InChI is InChI=1S/C24H21Cl2N7OS/c1-15-22(33-20-4-2-3-5-21(20)35-24(33)27-15)23(34)31-10-8-30(9-11-31)13-17-14-32(29-28-17)19-7-6-16(25)12-18(19)26/h2-7,12,14H,8-11,13H2,1H3. The molecule has 1 aliphatic heterocycles. The van der Waals surface area contributed by atoms with E-state index in [1.54, 1.807) is 28.2 Å². The van der Waals surface area contributed by atoms with Gasteiger partial charge in [-0.05, 0) is 37.3 Å². The molecule has 0 spiro atoms. The molecule has 0 aliphatic carbocycles. The van der Waals surface area contributed by atoms with E-state index in [0.29, 0.717) is 35.4 Å². The topological polar surface area (TPSA) is 71.6 Å². The summed E-state index contributed by atoms with van der Waals surface area (Å²) in [5.74, 6) is 0.0292. The van der Waals surface area contributed by atoms with Crippen molar-refractivity contribution in [3.8, 4) is 5.69 Å². The third kappa shape index (κ3) is 4.08. The second-order valence-electron chi connectivity index (χ2n) is 8.55. The van der Waals surface area contributed by atoms with E-state index in [0.717, 1.165) is 45.3 Å². The second kappa shape index (κ2) is 8.91. The van der Waals surface area contributed by atoms with Gasteiger partial charge in [0.1, 0.15) is 5.69 Å². The van der Waals surface area contributed by atoms with Gasteiger partial charge in [-0.2, -0.15) is 0 Å². The summed E-state index contributed by atoms with van der Waals surface area (Å²) in [7, 11) is 0. The van der Waals surface area contributed by atoms with E-state index < -0.39 is 0 Å². The van der Waals surface area contributed by atoms with Crippen LogP contribution in [0.1, 0.15) is 21.9 Å². The molecule has 0 bridgehead atoms. The van der Waals surface area contributed by atoms with Crippen LogP contribution in [0.2, 0.25) is 10.0 Å². The zero-order valence-electron chi connectivity index (χ0n) is 18.9. The maximum Gasteiger partial charge on any atom is 0.272 e. The highest BCUT2D eigenvalue weighted by Crippen LogP contribution is 2.29. The Hall–Kier alpha value is -2.98. The van der Waals surface area contributed by atoms with Crippen molar-refractivity contribution in [2.75, 3.05) is 26.2 Å². The smallest absolute Gasteiger partial charge is 0.272 e. The molecule has 178 valence electrons. The highest BCUT2D eigenvalue weighted by molar-refractivity contribution is 7.23. The molecule has 35 heavy (non-hydrogen) atoms. The van der Waals surface area contributed by atoms with Crippen LogP contribution >= 0.6 is 34.5 Å². The minimum Gasteiger partial charge on any atom is -0.335 e. The number of piperazine rings is 1. The van der Waals surface area contributed by atoms with Crippen LogP contribution in [0.5, 0.6) is 0 Å². The molecule has 1 saturated heterocycles. The van der Waals surface area contributed by atoms with Crippen LogP contribution in [0.4, 0.5) is 0 Å². The van der Waals surface area contributed by atoms with Gasteiger partial charge in [0.25, 0.3) is 5.91 Å². The van der Waals surface area contributed by atoms with Crippen molar-refractivity contribution in [1.29, 1.82) is 0 Å². The minimum absolute atomic E-state index is 0.0292. The molecular formula is C24H21Cl2N7OS. The molecular weight excluding hydrogens is 505 g/mol. The molecule has 1 amide bonds. The van der Waals surface area contributed by atoms with Gasteiger partial charge in [-0.1, -0.05) is 51.9 Å². The Bertz CT molecular complexity index is 1560. The predicted molar refractivity (Wildman–Crippen MR) is 138 cm³/mol. The van der Waals surface area contributed by atoms with Crippen LogP contribution in [0, 0.1) is 6.92 Å². The van der Waals surface area contributed by atoms with E-state index in [2.05, 4.69) is 26.3 Å². The second-order valence-corrected chi connectivity index (χ2v) is 10.4. The molecule has 1 aliphatic rings. The van der Waals surface area contributed by atoms with Crippen molar-refractivity contribution in [1.82, 2.24) is 34.2 Å². The molecule has 3 aromatic heterocycles. The summed E-state index contributed by atoms with van der Waals surface area (Å²) in [6, 6.07) is 13.4. The third-order valence-corrected chi connectivity index (χ3v) is 7.83. The van der Waals surface area contributed by atoms with Crippen molar-refractivity contribution in [3.63, 3.8) is 0 Å². The van der Waals surface area contributed by atoms with Crippen molar-refractivity contribution in [2.45, 2.75) is 13.5 Å². The van der Waals surface area contributed by atoms with E-state index in [4.69, 9.17) is 23.2 Å². The van der Waals surface area contributed by atoms with E-state index >= 15 is 0 Å². The Kier molecular flexibility index (Phi) is 5.72. The lowest BCUT2D eigenvalue weighted by Crippen LogP contribution is -2.48. The number of benzene rings is 2. The number of para-hydroxylation sites is 1. The molecule has 6 rings (SSSR count). The van der Waals surface area contributed by atoms with Gasteiger partial charge in [0.05, 0.1) is 38.5 Å². The maximum atomic E-state index is 13.5. The monoisotopic (exact) mass is 525 g/mol. The van der Waals surface area contributed by atoms with E-state index in [1.165, 1.54) is 0 Å². The number of rotatable bonds is 4. The summed E-state index contributed by atoms with van der Waals surface area (Å²) in [4.78, 5) is 23.2. The number of aromatic nitrogens is 5. The van der Waals surface area contributed by atoms with Gasteiger partial charge in [0.2, 0.25) is 0 Å². The molecule has 11 heteroatoms. The molecule has 0 radical (unpaired) electrons. The first-order valence-corrected chi connectivity index (χ1v) is 12.8. The summed E-state index contributed by atoms with van der Waals surface area (Å²) in [5, 5.41) is 9.61. The molecule has 1 fully saturated rings. The van der Waals surface area contributed by atoms with Crippen LogP contribution < -0.4 is 0 Å². The first-order valence-electron chi connectivity index (χ1n) is 11.2. The summed E-state index contributed by atoms with van der Waals surface area (Å²) < 4.78 is 4.79. The van der Waals surface area contributed by atoms with Crippen LogP contribution in [-0.2, 0) is 6.54 Å².